The van der Waals surface area contributed by atoms with Gasteiger partial charge in [-0.05, 0) is 42.3 Å². The number of hydrogen-bond donors (Lipinski definition) is 1. The van der Waals surface area contributed by atoms with E-state index < -0.39 is 11.6 Å². The normalized spacial score (nSPS) is 17.4. The van der Waals surface area contributed by atoms with Gasteiger partial charge in [0.25, 0.3) is 0 Å². The molecule has 1 saturated heterocycles. The van der Waals surface area contributed by atoms with Gasteiger partial charge in [0, 0.05) is 56.9 Å². The quantitative estimate of drug-likeness (QED) is 0.602. The number of aliphatic imine (C=N–C) groups is 1. The molecule has 1 aliphatic rings. The predicted octanol–water partition coefficient (Wildman–Crippen LogP) is 3.60. The van der Waals surface area contributed by atoms with Crippen LogP contribution in [0, 0.1) is 17.6 Å². The van der Waals surface area contributed by atoms with Crippen molar-refractivity contribution in [3.05, 3.63) is 52.2 Å². The molecular weight excluding hydrogens is 366 g/mol. The van der Waals surface area contributed by atoms with Crippen molar-refractivity contribution < 1.29 is 8.78 Å². The summed E-state index contributed by atoms with van der Waals surface area (Å²) in [5, 5.41) is 5.55. The van der Waals surface area contributed by atoms with E-state index in [1.807, 2.05) is 7.05 Å². The molecule has 1 aromatic heterocycles. The van der Waals surface area contributed by atoms with Crippen LogP contribution in [0.2, 0.25) is 0 Å². The fourth-order valence-electron chi connectivity index (χ4n) is 3.37. The zero-order valence-electron chi connectivity index (χ0n) is 15.8. The molecule has 1 aromatic carbocycles. The Hall–Kier alpha value is -2.15. The van der Waals surface area contributed by atoms with Crippen LogP contribution < -0.4 is 10.2 Å². The molecule has 7 heteroatoms. The number of likely N-dealkylation sites (N-methyl/N-ethyl adjacent to an activating group) is 1. The molecule has 1 atom stereocenters. The smallest absolute Gasteiger partial charge is 0.193 e. The summed E-state index contributed by atoms with van der Waals surface area (Å²) in [6.45, 7) is 3.40. The van der Waals surface area contributed by atoms with Crippen LogP contribution in [0.15, 0.2) is 40.7 Å². The molecule has 0 spiro atoms. The summed E-state index contributed by atoms with van der Waals surface area (Å²) in [4.78, 5) is 10.00. The minimum Gasteiger partial charge on any atom is -0.371 e. The molecule has 0 radical (unpaired) electrons. The molecule has 2 heterocycles. The van der Waals surface area contributed by atoms with E-state index in [0.717, 1.165) is 50.7 Å². The van der Waals surface area contributed by atoms with Crippen LogP contribution >= 0.6 is 11.3 Å². The summed E-state index contributed by atoms with van der Waals surface area (Å²) in [6.07, 6.45) is 2.02. The van der Waals surface area contributed by atoms with Gasteiger partial charge < -0.3 is 15.1 Å². The Bertz CT molecular complexity index is 763. The summed E-state index contributed by atoms with van der Waals surface area (Å²) in [7, 11) is 3.84. The van der Waals surface area contributed by atoms with Crippen molar-refractivity contribution in [2.45, 2.75) is 12.8 Å². The van der Waals surface area contributed by atoms with Gasteiger partial charge >= 0.3 is 0 Å². The van der Waals surface area contributed by atoms with Crippen LogP contribution in [0.25, 0.3) is 0 Å². The summed E-state index contributed by atoms with van der Waals surface area (Å²) in [5.74, 6) is -0.259. The van der Waals surface area contributed by atoms with Gasteiger partial charge in [-0.25, -0.2) is 8.78 Å². The van der Waals surface area contributed by atoms with Crippen molar-refractivity contribution >= 4 is 23.0 Å². The Morgan fingerprint density at radius 2 is 2.19 bits per heavy atom. The first-order valence-corrected chi connectivity index (χ1v) is 10.1. The predicted molar refractivity (Wildman–Crippen MR) is 109 cm³/mol. The maximum atomic E-state index is 13.5. The number of benzene rings is 1. The van der Waals surface area contributed by atoms with Crippen molar-refractivity contribution in [1.29, 1.82) is 0 Å². The van der Waals surface area contributed by atoms with Crippen LogP contribution in [-0.4, -0.2) is 51.1 Å². The standard InChI is InChI=1S/C20H26F2N4S/c1-23-20(25(2)9-8-17-4-3-11-27-17)24-13-15-7-10-26(14-15)16-5-6-18(21)19(22)12-16/h3-6,11-12,15H,7-10,13-14H2,1-2H3,(H,23,24). The summed E-state index contributed by atoms with van der Waals surface area (Å²) in [6, 6.07) is 8.35. The topological polar surface area (TPSA) is 30.9 Å². The van der Waals surface area contributed by atoms with Gasteiger partial charge in [-0.3, -0.25) is 4.99 Å². The average Bonchev–Trinajstić information content (AvgIpc) is 3.34. The Morgan fingerprint density at radius 3 is 2.89 bits per heavy atom. The summed E-state index contributed by atoms with van der Waals surface area (Å²) in [5.41, 5.74) is 0.744. The summed E-state index contributed by atoms with van der Waals surface area (Å²) >= 11 is 1.78. The first kappa shape index (κ1) is 19.6. The van der Waals surface area contributed by atoms with Crippen molar-refractivity contribution in [1.82, 2.24) is 10.2 Å². The van der Waals surface area contributed by atoms with E-state index in [9.17, 15) is 8.78 Å². The number of nitrogens with one attached hydrogen (secondary N) is 1. The number of nitrogens with zero attached hydrogens (tertiary/aromatic N) is 3. The van der Waals surface area contributed by atoms with E-state index in [-0.39, 0.29) is 0 Å². The Labute approximate surface area is 163 Å². The number of hydrogen-bond acceptors (Lipinski definition) is 3. The molecule has 2 aromatic rings. The van der Waals surface area contributed by atoms with E-state index in [4.69, 9.17) is 0 Å². The maximum Gasteiger partial charge on any atom is 0.193 e. The second-order valence-corrected chi connectivity index (χ2v) is 7.91. The highest BCUT2D eigenvalue weighted by molar-refractivity contribution is 7.09. The number of anilines is 1. The Balaban J connectivity index is 1.46. The second kappa shape index (κ2) is 9.17. The maximum absolute atomic E-state index is 13.5. The largest absolute Gasteiger partial charge is 0.371 e. The van der Waals surface area contributed by atoms with Crippen molar-refractivity contribution in [3.63, 3.8) is 0 Å². The van der Waals surface area contributed by atoms with Crippen molar-refractivity contribution in [2.75, 3.05) is 45.2 Å². The molecule has 0 amide bonds. The van der Waals surface area contributed by atoms with Gasteiger partial charge in [0.15, 0.2) is 17.6 Å². The van der Waals surface area contributed by atoms with Crippen LogP contribution in [0.3, 0.4) is 0 Å². The first-order valence-electron chi connectivity index (χ1n) is 9.21. The lowest BCUT2D eigenvalue weighted by Gasteiger charge is -2.23. The molecule has 0 saturated carbocycles. The fraction of sp³-hybridized carbons (Fsp3) is 0.450. The van der Waals surface area contributed by atoms with Crippen LogP contribution in [0.4, 0.5) is 14.5 Å². The number of halogens is 2. The summed E-state index contributed by atoms with van der Waals surface area (Å²) < 4.78 is 26.6. The van der Waals surface area contributed by atoms with Crippen LogP contribution in [0.1, 0.15) is 11.3 Å². The molecule has 4 nitrogen and oxygen atoms in total. The highest BCUT2D eigenvalue weighted by Gasteiger charge is 2.24. The lowest BCUT2D eigenvalue weighted by atomic mass is 10.1. The third kappa shape index (κ3) is 5.19. The minimum absolute atomic E-state index is 0.445. The molecule has 27 heavy (non-hydrogen) atoms. The van der Waals surface area contributed by atoms with Gasteiger partial charge in [-0.1, -0.05) is 6.07 Å². The highest BCUT2D eigenvalue weighted by atomic mass is 32.1. The molecule has 3 rings (SSSR count). The van der Waals surface area contributed by atoms with Gasteiger partial charge in [0.2, 0.25) is 0 Å². The molecule has 1 aliphatic heterocycles. The monoisotopic (exact) mass is 392 g/mol. The average molecular weight is 393 g/mol. The Kier molecular flexibility index (Phi) is 6.66. The second-order valence-electron chi connectivity index (χ2n) is 6.88. The number of guanidine groups is 1. The molecule has 1 unspecified atom stereocenters. The van der Waals surface area contributed by atoms with Crippen molar-refractivity contribution in [3.8, 4) is 0 Å². The van der Waals surface area contributed by atoms with Gasteiger partial charge in [0.1, 0.15) is 0 Å². The number of thiophene rings is 1. The molecule has 146 valence electrons. The third-order valence-electron chi connectivity index (χ3n) is 4.95. The first-order chi connectivity index (χ1) is 13.1. The van der Waals surface area contributed by atoms with Crippen LogP contribution in [-0.2, 0) is 6.42 Å². The molecule has 1 fully saturated rings. The molecular formula is C20H26F2N4S. The van der Waals surface area contributed by atoms with E-state index in [1.54, 1.807) is 24.5 Å². The highest BCUT2D eigenvalue weighted by Crippen LogP contribution is 2.25. The van der Waals surface area contributed by atoms with E-state index in [1.165, 1.54) is 17.0 Å². The van der Waals surface area contributed by atoms with Gasteiger partial charge in [-0.2, -0.15) is 0 Å². The zero-order valence-corrected chi connectivity index (χ0v) is 16.6. The van der Waals surface area contributed by atoms with E-state index in [0.29, 0.717) is 5.92 Å². The lowest BCUT2D eigenvalue weighted by Crippen LogP contribution is -2.42. The van der Waals surface area contributed by atoms with E-state index >= 15 is 0 Å². The molecule has 0 aliphatic carbocycles. The van der Waals surface area contributed by atoms with E-state index in [2.05, 4.69) is 37.6 Å². The van der Waals surface area contributed by atoms with Gasteiger partial charge in [0.05, 0.1) is 0 Å². The fourth-order valence-corrected chi connectivity index (χ4v) is 4.07. The molecule has 1 N–H and O–H groups in total. The zero-order chi connectivity index (χ0) is 19.2. The third-order valence-corrected chi connectivity index (χ3v) is 5.89. The van der Waals surface area contributed by atoms with Crippen molar-refractivity contribution in [2.24, 2.45) is 10.9 Å². The van der Waals surface area contributed by atoms with Gasteiger partial charge in [-0.15, -0.1) is 11.3 Å². The van der Waals surface area contributed by atoms with Crippen LogP contribution in [0.5, 0.6) is 0 Å². The number of rotatable bonds is 6. The Morgan fingerprint density at radius 1 is 1.33 bits per heavy atom. The minimum atomic E-state index is -0.800. The SMILES string of the molecule is CN=C(NCC1CCN(c2ccc(F)c(F)c2)C1)N(C)CCc1cccs1. The lowest BCUT2D eigenvalue weighted by molar-refractivity contribution is 0.471. The molecule has 0 bridgehead atoms.